The SMILES string of the molecule is Cc1ccccc1-n1c(C)[n+](C)c2cc3ccc4oc5cc6occc6cc5c4c3cc21. The molecule has 0 bridgehead atoms. The molecular formula is C28H21N2O2+. The van der Waals surface area contributed by atoms with Gasteiger partial charge in [-0.2, -0.15) is 4.57 Å². The Morgan fingerprint density at radius 3 is 2.53 bits per heavy atom. The Morgan fingerprint density at radius 2 is 1.66 bits per heavy atom. The van der Waals surface area contributed by atoms with E-state index in [4.69, 9.17) is 8.83 Å². The molecule has 7 rings (SSSR count). The second-order valence-electron chi connectivity index (χ2n) is 8.64. The number of rotatable bonds is 1. The fourth-order valence-electron chi connectivity index (χ4n) is 5.15. The van der Waals surface area contributed by atoms with Crippen molar-refractivity contribution in [1.82, 2.24) is 4.57 Å². The Kier molecular flexibility index (Phi) is 3.31. The van der Waals surface area contributed by atoms with E-state index in [1.807, 2.05) is 12.1 Å². The van der Waals surface area contributed by atoms with Crippen LogP contribution in [0, 0.1) is 13.8 Å². The van der Waals surface area contributed by atoms with E-state index < -0.39 is 0 Å². The molecule has 0 saturated heterocycles. The molecular weight excluding hydrogens is 396 g/mol. The summed E-state index contributed by atoms with van der Waals surface area (Å²) in [6, 6.07) is 23.6. The highest BCUT2D eigenvalue weighted by atomic mass is 16.3. The minimum Gasteiger partial charge on any atom is -0.464 e. The van der Waals surface area contributed by atoms with E-state index in [-0.39, 0.29) is 0 Å². The van der Waals surface area contributed by atoms with Gasteiger partial charge in [-0.25, -0.2) is 4.57 Å². The Balaban J connectivity index is 1.67. The summed E-state index contributed by atoms with van der Waals surface area (Å²) in [4.78, 5) is 0. The van der Waals surface area contributed by atoms with Crippen LogP contribution in [0.25, 0.3) is 60.4 Å². The van der Waals surface area contributed by atoms with Crippen molar-refractivity contribution >= 4 is 54.7 Å². The van der Waals surface area contributed by atoms with Crippen LogP contribution in [-0.4, -0.2) is 4.57 Å². The summed E-state index contributed by atoms with van der Waals surface area (Å²) >= 11 is 0. The van der Waals surface area contributed by atoms with Gasteiger partial charge in [-0.15, -0.1) is 0 Å². The maximum atomic E-state index is 6.24. The van der Waals surface area contributed by atoms with Crippen molar-refractivity contribution < 1.29 is 13.4 Å². The molecule has 4 aromatic carbocycles. The minimum atomic E-state index is 0.847. The van der Waals surface area contributed by atoms with Crippen LogP contribution in [0.15, 0.2) is 81.8 Å². The zero-order valence-electron chi connectivity index (χ0n) is 18.1. The van der Waals surface area contributed by atoms with E-state index >= 15 is 0 Å². The van der Waals surface area contributed by atoms with Gasteiger partial charge >= 0.3 is 0 Å². The lowest BCUT2D eigenvalue weighted by molar-refractivity contribution is -0.652. The lowest BCUT2D eigenvalue weighted by Crippen LogP contribution is -2.30. The molecule has 0 saturated carbocycles. The maximum absolute atomic E-state index is 6.24. The summed E-state index contributed by atoms with van der Waals surface area (Å²) < 4.78 is 16.5. The van der Waals surface area contributed by atoms with Crippen LogP contribution >= 0.6 is 0 Å². The molecule has 3 aromatic heterocycles. The van der Waals surface area contributed by atoms with E-state index in [0.717, 1.165) is 32.9 Å². The summed E-state index contributed by atoms with van der Waals surface area (Å²) in [6.45, 7) is 4.34. The lowest BCUT2D eigenvalue weighted by atomic mass is 10.0. The van der Waals surface area contributed by atoms with Crippen molar-refractivity contribution in [3.63, 3.8) is 0 Å². The van der Waals surface area contributed by atoms with Crippen molar-refractivity contribution in [3.8, 4) is 5.69 Å². The van der Waals surface area contributed by atoms with E-state index in [9.17, 15) is 0 Å². The Labute approximate surface area is 183 Å². The number of nitrogens with zero attached hydrogens (tertiary/aromatic N) is 2. The summed E-state index contributed by atoms with van der Waals surface area (Å²) in [5.74, 6) is 1.19. The van der Waals surface area contributed by atoms with Crippen LogP contribution < -0.4 is 4.57 Å². The highest BCUT2D eigenvalue weighted by Gasteiger charge is 2.24. The Bertz CT molecular complexity index is 1860. The highest BCUT2D eigenvalue weighted by Crippen LogP contribution is 2.38. The highest BCUT2D eigenvalue weighted by molar-refractivity contribution is 6.21. The first-order chi connectivity index (χ1) is 15.6. The molecule has 154 valence electrons. The van der Waals surface area contributed by atoms with Crippen molar-refractivity contribution in [2.24, 2.45) is 7.05 Å². The molecule has 0 atom stereocenters. The largest absolute Gasteiger partial charge is 0.464 e. The van der Waals surface area contributed by atoms with Gasteiger partial charge in [0.05, 0.1) is 13.3 Å². The minimum absolute atomic E-state index is 0.847. The molecule has 0 fully saturated rings. The Hall–Kier alpha value is -4.05. The number of imidazole rings is 1. The molecule has 4 nitrogen and oxygen atoms in total. The van der Waals surface area contributed by atoms with Gasteiger partial charge in [0, 0.05) is 29.1 Å². The molecule has 32 heavy (non-hydrogen) atoms. The first-order valence-corrected chi connectivity index (χ1v) is 10.8. The van der Waals surface area contributed by atoms with Crippen LogP contribution in [0.5, 0.6) is 0 Å². The quantitative estimate of drug-likeness (QED) is 0.273. The van der Waals surface area contributed by atoms with Gasteiger partial charge in [0.15, 0.2) is 11.0 Å². The van der Waals surface area contributed by atoms with E-state index in [1.54, 1.807) is 6.26 Å². The fourth-order valence-corrected chi connectivity index (χ4v) is 5.15. The summed E-state index contributed by atoms with van der Waals surface area (Å²) in [5.41, 5.74) is 7.46. The van der Waals surface area contributed by atoms with Gasteiger partial charge < -0.3 is 8.83 Å². The van der Waals surface area contributed by atoms with Crippen molar-refractivity contribution in [3.05, 3.63) is 84.4 Å². The summed E-state index contributed by atoms with van der Waals surface area (Å²) in [6.07, 6.45) is 1.73. The monoisotopic (exact) mass is 417 g/mol. The van der Waals surface area contributed by atoms with Crippen molar-refractivity contribution in [1.29, 1.82) is 0 Å². The standard InChI is InChI=1S/C28H21N2O2/c1-16-6-4-5-7-22(16)30-17(2)29(3)23-13-18-8-9-25-28(20(18)14-24(23)30)21-12-19-10-11-31-26(19)15-27(21)32-25/h4-15H,1-3H3/q+1. The second-order valence-corrected chi connectivity index (χ2v) is 8.64. The third-order valence-electron chi connectivity index (χ3n) is 6.89. The van der Waals surface area contributed by atoms with Crippen LogP contribution in [0.3, 0.4) is 0 Å². The molecule has 0 aliphatic rings. The van der Waals surface area contributed by atoms with Gasteiger partial charge in [0.25, 0.3) is 5.82 Å². The number of aromatic nitrogens is 2. The van der Waals surface area contributed by atoms with Gasteiger partial charge in [0.2, 0.25) is 0 Å². The number of hydrogen-bond donors (Lipinski definition) is 0. The molecule has 0 aliphatic carbocycles. The maximum Gasteiger partial charge on any atom is 0.259 e. The van der Waals surface area contributed by atoms with Crippen LogP contribution in [0.4, 0.5) is 0 Å². The molecule has 0 radical (unpaired) electrons. The average molecular weight is 417 g/mol. The smallest absolute Gasteiger partial charge is 0.259 e. The van der Waals surface area contributed by atoms with Crippen LogP contribution in [-0.2, 0) is 7.05 Å². The summed E-state index contributed by atoms with van der Waals surface area (Å²) in [5, 5.41) is 5.76. The summed E-state index contributed by atoms with van der Waals surface area (Å²) in [7, 11) is 2.14. The number of furan rings is 2. The van der Waals surface area contributed by atoms with E-state index in [0.29, 0.717) is 0 Å². The van der Waals surface area contributed by atoms with Crippen molar-refractivity contribution in [2.75, 3.05) is 0 Å². The number of para-hydroxylation sites is 1. The molecule has 0 spiro atoms. The first-order valence-electron chi connectivity index (χ1n) is 10.8. The molecule has 0 unspecified atom stereocenters. The predicted octanol–water partition coefficient (Wildman–Crippen LogP) is 6.87. The fraction of sp³-hybridized carbons (Fsp3) is 0.107. The van der Waals surface area contributed by atoms with E-state index in [2.05, 4.69) is 84.6 Å². The van der Waals surface area contributed by atoms with Gasteiger partial charge in [-0.05, 0) is 59.7 Å². The molecule has 0 N–H and O–H groups in total. The number of aryl methyl sites for hydroxylation is 2. The van der Waals surface area contributed by atoms with Crippen LogP contribution in [0.2, 0.25) is 0 Å². The third-order valence-corrected chi connectivity index (χ3v) is 6.89. The number of fused-ring (bicyclic) bond motifs is 7. The molecule has 7 aromatic rings. The second kappa shape index (κ2) is 6.01. The zero-order valence-corrected chi connectivity index (χ0v) is 18.1. The van der Waals surface area contributed by atoms with Crippen LogP contribution in [0.1, 0.15) is 11.4 Å². The molecule has 4 heteroatoms. The Morgan fingerprint density at radius 1 is 0.781 bits per heavy atom. The first kappa shape index (κ1) is 17.6. The van der Waals surface area contributed by atoms with Gasteiger partial charge in [-0.1, -0.05) is 24.3 Å². The molecule has 0 amide bonds. The topological polar surface area (TPSA) is 35.1 Å². The zero-order chi connectivity index (χ0) is 21.6. The normalized spacial score (nSPS) is 12.2. The third kappa shape index (κ3) is 2.19. The van der Waals surface area contributed by atoms with Gasteiger partial charge in [0.1, 0.15) is 22.4 Å². The predicted molar refractivity (Wildman–Crippen MR) is 128 cm³/mol. The number of hydrogen-bond acceptors (Lipinski definition) is 2. The average Bonchev–Trinajstić information content (AvgIpc) is 3.46. The molecule has 3 heterocycles. The lowest BCUT2D eigenvalue weighted by Gasteiger charge is -2.04. The van der Waals surface area contributed by atoms with Crippen molar-refractivity contribution in [2.45, 2.75) is 13.8 Å². The van der Waals surface area contributed by atoms with Gasteiger partial charge in [-0.3, -0.25) is 0 Å². The number of benzene rings is 4. The van der Waals surface area contributed by atoms with E-state index in [1.165, 1.54) is 38.9 Å². The molecule has 0 aliphatic heterocycles.